The topological polar surface area (TPSA) is 93.0 Å². The Balaban J connectivity index is 1.72. The molecule has 2 amide bonds. The molecule has 0 saturated carbocycles. The molecule has 9 nitrogen and oxygen atoms in total. The van der Waals surface area contributed by atoms with Crippen LogP contribution in [-0.2, 0) is 13.1 Å². The molecule has 4 rings (SSSR count). The lowest BCUT2D eigenvalue weighted by atomic mass is 10.2. The Bertz CT molecular complexity index is 1220. The van der Waals surface area contributed by atoms with E-state index in [1.165, 1.54) is 41.2 Å². The summed E-state index contributed by atoms with van der Waals surface area (Å²) in [4.78, 5) is 23.8. The zero-order chi connectivity index (χ0) is 25.2. The molecular weight excluding hydrogens is 474 g/mol. The molecule has 0 atom stereocenters. The van der Waals surface area contributed by atoms with Crippen molar-refractivity contribution in [3.63, 3.8) is 0 Å². The third kappa shape index (κ3) is 5.62. The van der Waals surface area contributed by atoms with Crippen LogP contribution in [0.5, 0.6) is 17.5 Å². The van der Waals surface area contributed by atoms with E-state index in [1.807, 2.05) is 0 Å². The predicted molar refractivity (Wildman–Crippen MR) is 115 cm³/mol. The van der Waals surface area contributed by atoms with Crippen LogP contribution in [0.15, 0.2) is 42.7 Å². The van der Waals surface area contributed by atoms with E-state index in [1.54, 1.807) is 4.57 Å². The monoisotopic (exact) mass is 495 g/mol. The molecule has 1 aromatic carbocycles. The second-order valence-electron chi connectivity index (χ2n) is 7.73. The minimum atomic E-state index is -4.87. The van der Waals surface area contributed by atoms with Gasteiger partial charge in [-0.3, -0.25) is 14.5 Å². The minimum absolute atomic E-state index is 0.0128. The zero-order valence-electron chi connectivity index (χ0n) is 18.5. The van der Waals surface area contributed by atoms with Crippen molar-refractivity contribution in [1.29, 1.82) is 0 Å². The number of aliphatic hydroxyl groups is 1. The van der Waals surface area contributed by atoms with Gasteiger partial charge in [0.15, 0.2) is 5.82 Å². The summed E-state index contributed by atoms with van der Waals surface area (Å²) in [5.74, 6) is -0.723. The number of urea groups is 1. The molecule has 0 saturated heterocycles. The predicted octanol–water partition coefficient (Wildman–Crippen LogP) is 3.91. The number of amides is 2. The minimum Gasteiger partial charge on any atom is -0.425 e. The SMILES string of the molecule is CN1C(=O)N(CCCO)Cc2c1nc(Oc1cccc(OC(F)(F)F)c1)n2Cc1cncc(F)c1. The molecular formula is C22H21F4N5O4. The van der Waals surface area contributed by atoms with Crippen molar-refractivity contribution in [2.24, 2.45) is 0 Å². The van der Waals surface area contributed by atoms with Gasteiger partial charge in [0.25, 0.3) is 0 Å². The molecule has 13 heteroatoms. The summed E-state index contributed by atoms with van der Waals surface area (Å²) in [5.41, 5.74) is 1.04. The molecule has 1 N–H and O–H groups in total. The number of nitrogens with zero attached hydrogens (tertiary/aromatic N) is 5. The number of fused-ring (bicyclic) bond motifs is 1. The van der Waals surface area contributed by atoms with E-state index in [-0.39, 0.29) is 43.3 Å². The first kappa shape index (κ1) is 24.3. The third-order valence-corrected chi connectivity index (χ3v) is 5.17. The van der Waals surface area contributed by atoms with Crippen LogP contribution in [0.4, 0.5) is 28.2 Å². The van der Waals surface area contributed by atoms with Crippen LogP contribution in [0.2, 0.25) is 0 Å². The van der Waals surface area contributed by atoms with Crippen LogP contribution >= 0.6 is 0 Å². The number of aliphatic hydroxyl groups excluding tert-OH is 1. The number of pyridine rings is 1. The lowest BCUT2D eigenvalue weighted by Gasteiger charge is -2.32. The number of anilines is 1. The van der Waals surface area contributed by atoms with Crippen molar-refractivity contribution in [3.8, 4) is 17.5 Å². The molecule has 0 aliphatic carbocycles. The second kappa shape index (κ2) is 9.78. The fraction of sp³-hybridized carbons (Fsp3) is 0.318. The van der Waals surface area contributed by atoms with Gasteiger partial charge in [0.05, 0.1) is 25.0 Å². The summed E-state index contributed by atoms with van der Waals surface area (Å²) < 4.78 is 63.0. The first-order valence-corrected chi connectivity index (χ1v) is 10.5. The maximum Gasteiger partial charge on any atom is 0.573 e. The van der Waals surface area contributed by atoms with Gasteiger partial charge in [-0.1, -0.05) is 6.07 Å². The molecule has 35 heavy (non-hydrogen) atoms. The Morgan fingerprint density at radius 3 is 2.66 bits per heavy atom. The number of imidazole rings is 1. The Labute approximate surface area is 197 Å². The first-order valence-electron chi connectivity index (χ1n) is 10.5. The van der Waals surface area contributed by atoms with Crippen LogP contribution in [0, 0.1) is 5.82 Å². The number of benzene rings is 1. The molecule has 186 valence electrons. The summed E-state index contributed by atoms with van der Waals surface area (Å²) in [6.07, 6.45) is -1.99. The maximum absolute atomic E-state index is 13.8. The number of rotatable bonds is 8. The van der Waals surface area contributed by atoms with Gasteiger partial charge in [0.2, 0.25) is 0 Å². The molecule has 2 aromatic heterocycles. The van der Waals surface area contributed by atoms with E-state index in [0.29, 0.717) is 24.2 Å². The normalized spacial score (nSPS) is 13.7. The highest BCUT2D eigenvalue weighted by molar-refractivity contribution is 5.93. The van der Waals surface area contributed by atoms with Gasteiger partial charge in [-0.25, -0.2) is 9.18 Å². The van der Waals surface area contributed by atoms with Crippen molar-refractivity contribution >= 4 is 11.8 Å². The molecule has 0 spiro atoms. The lowest BCUT2D eigenvalue weighted by Crippen LogP contribution is -2.46. The highest BCUT2D eigenvalue weighted by Gasteiger charge is 2.34. The number of ether oxygens (including phenoxy) is 2. The second-order valence-corrected chi connectivity index (χ2v) is 7.73. The maximum atomic E-state index is 13.8. The van der Waals surface area contributed by atoms with Crippen molar-refractivity contribution in [2.45, 2.75) is 25.9 Å². The Hall–Kier alpha value is -3.87. The Morgan fingerprint density at radius 1 is 1.17 bits per heavy atom. The fourth-order valence-corrected chi connectivity index (χ4v) is 3.67. The largest absolute Gasteiger partial charge is 0.573 e. The third-order valence-electron chi connectivity index (χ3n) is 5.17. The summed E-state index contributed by atoms with van der Waals surface area (Å²) >= 11 is 0. The van der Waals surface area contributed by atoms with Crippen molar-refractivity contribution < 1.29 is 36.9 Å². The Kier molecular flexibility index (Phi) is 6.78. The van der Waals surface area contributed by atoms with E-state index in [2.05, 4.69) is 14.7 Å². The summed E-state index contributed by atoms with van der Waals surface area (Å²) in [7, 11) is 1.52. The smallest absolute Gasteiger partial charge is 0.425 e. The van der Waals surface area contributed by atoms with Gasteiger partial charge >= 0.3 is 18.4 Å². The van der Waals surface area contributed by atoms with Crippen LogP contribution in [-0.4, -0.2) is 57.1 Å². The number of alkyl halides is 3. The number of carbonyl (C=O) groups excluding carboxylic acids is 1. The van der Waals surface area contributed by atoms with Crippen LogP contribution in [0.1, 0.15) is 17.7 Å². The van der Waals surface area contributed by atoms with Crippen LogP contribution < -0.4 is 14.4 Å². The number of carbonyl (C=O) groups is 1. The number of hydrogen-bond acceptors (Lipinski definition) is 6. The molecule has 0 bridgehead atoms. The average molecular weight is 495 g/mol. The number of hydrogen-bond donors (Lipinski definition) is 1. The summed E-state index contributed by atoms with van der Waals surface area (Å²) in [5, 5.41) is 9.17. The van der Waals surface area contributed by atoms with Crippen LogP contribution in [0.25, 0.3) is 0 Å². The standard InChI is InChI=1S/C22H21F4N5O4/c1-29-19-18(13-30(21(29)33)6-3-7-32)31(12-14-8-15(23)11-27-10-14)20(28-19)34-16-4-2-5-17(9-16)35-22(24,25)26/h2,4-5,8-11,32H,3,6-7,12-13H2,1H3. The number of aromatic nitrogens is 3. The summed E-state index contributed by atoms with van der Waals surface area (Å²) in [6, 6.07) is 5.85. The van der Waals surface area contributed by atoms with Gasteiger partial charge in [-0.2, -0.15) is 4.98 Å². The Morgan fingerprint density at radius 2 is 1.94 bits per heavy atom. The average Bonchev–Trinajstić information content (AvgIpc) is 3.11. The van der Waals surface area contributed by atoms with Gasteiger partial charge in [0, 0.05) is 32.5 Å². The van der Waals surface area contributed by atoms with Crippen molar-refractivity contribution in [3.05, 3.63) is 59.8 Å². The molecule has 1 aliphatic rings. The van der Waals surface area contributed by atoms with Gasteiger partial charge in [0.1, 0.15) is 17.3 Å². The molecule has 0 radical (unpaired) electrons. The quantitative estimate of drug-likeness (QED) is 0.477. The zero-order valence-corrected chi connectivity index (χ0v) is 18.5. The van der Waals surface area contributed by atoms with E-state index in [9.17, 15) is 22.4 Å². The highest BCUT2D eigenvalue weighted by Crippen LogP contribution is 2.35. The molecule has 0 unspecified atom stereocenters. The van der Waals surface area contributed by atoms with E-state index >= 15 is 0 Å². The number of halogens is 4. The van der Waals surface area contributed by atoms with Gasteiger partial charge < -0.3 is 19.5 Å². The van der Waals surface area contributed by atoms with E-state index in [4.69, 9.17) is 9.84 Å². The molecule has 0 fully saturated rings. The van der Waals surface area contributed by atoms with E-state index in [0.717, 1.165) is 18.3 Å². The lowest BCUT2D eigenvalue weighted by molar-refractivity contribution is -0.274. The van der Waals surface area contributed by atoms with Gasteiger partial charge in [-0.05, 0) is 30.2 Å². The molecule has 3 heterocycles. The summed E-state index contributed by atoms with van der Waals surface area (Å²) in [6.45, 7) is 0.393. The fourth-order valence-electron chi connectivity index (χ4n) is 3.67. The highest BCUT2D eigenvalue weighted by atomic mass is 19.4. The van der Waals surface area contributed by atoms with Crippen molar-refractivity contribution in [1.82, 2.24) is 19.4 Å². The van der Waals surface area contributed by atoms with Crippen LogP contribution in [0.3, 0.4) is 0 Å². The van der Waals surface area contributed by atoms with E-state index < -0.39 is 17.9 Å². The van der Waals surface area contributed by atoms with Gasteiger partial charge in [-0.15, -0.1) is 13.2 Å². The first-order chi connectivity index (χ1) is 16.6. The van der Waals surface area contributed by atoms with Crippen molar-refractivity contribution in [2.75, 3.05) is 25.1 Å². The molecule has 3 aromatic rings. The molecule has 1 aliphatic heterocycles.